The van der Waals surface area contributed by atoms with Crippen LogP contribution in [0.25, 0.3) is 0 Å². The van der Waals surface area contributed by atoms with Crippen LogP contribution in [0.4, 0.5) is 5.69 Å². The molecule has 1 aliphatic heterocycles. The lowest BCUT2D eigenvalue weighted by Gasteiger charge is -2.08. The third-order valence-corrected chi connectivity index (χ3v) is 2.99. The fraction of sp³-hybridized carbons (Fsp3) is 0.273. The van der Waals surface area contributed by atoms with Crippen LogP contribution >= 0.6 is 15.9 Å². The Morgan fingerprint density at radius 3 is 2.62 bits per heavy atom. The molecule has 1 aliphatic rings. The van der Waals surface area contributed by atoms with Gasteiger partial charge in [0, 0.05) is 23.1 Å². The van der Waals surface area contributed by atoms with Crippen LogP contribution in [0.3, 0.4) is 0 Å². The first-order chi connectivity index (χ1) is 7.65. The predicted octanol–water partition coefficient (Wildman–Crippen LogP) is 1.52. The van der Waals surface area contributed by atoms with Gasteiger partial charge in [0.15, 0.2) is 0 Å². The van der Waals surface area contributed by atoms with Gasteiger partial charge in [0.05, 0.1) is 5.92 Å². The van der Waals surface area contributed by atoms with E-state index in [0.717, 1.165) is 10.2 Å². The summed E-state index contributed by atoms with van der Waals surface area (Å²) in [5.74, 6) is -0.423. The summed E-state index contributed by atoms with van der Waals surface area (Å²) in [4.78, 5) is 22.7. The predicted molar refractivity (Wildman–Crippen MR) is 63.9 cm³/mol. The van der Waals surface area contributed by atoms with Crippen LogP contribution in [0.1, 0.15) is 6.42 Å². The molecule has 84 valence electrons. The average Bonchev–Trinajstić information content (AvgIpc) is 2.68. The van der Waals surface area contributed by atoms with Crippen LogP contribution < -0.4 is 10.6 Å². The summed E-state index contributed by atoms with van der Waals surface area (Å²) in [6, 6.07) is 7.33. The molecule has 0 radical (unpaired) electrons. The lowest BCUT2D eigenvalue weighted by molar-refractivity contribution is -0.123. The Bertz CT molecular complexity index is 416. The summed E-state index contributed by atoms with van der Waals surface area (Å²) in [5.41, 5.74) is 0.743. The maximum Gasteiger partial charge on any atom is 0.229 e. The summed E-state index contributed by atoms with van der Waals surface area (Å²) >= 11 is 3.32. The molecule has 0 aliphatic carbocycles. The van der Waals surface area contributed by atoms with E-state index in [-0.39, 0.29) is 24.2 Å². The molecule has 5 heteroatoms. The van der Waals surface area contributed by atoms with Crippen molar-refractivity contribution in [3.8, 4) is 0 Å². The SMILES string of the molecule is O=C1CC(C(=O)Nc2ccc(Br)cc2)CN1. The van der Waals surface area contributed by atoms with Gasteiger partial charge in [-0.3, -0.25) is 9.59 Å². The molecule has 2 N–H and O–H groups in total. The van der Waals surface area contributed by atoms with E-state index >= 15 is 0 Å². The average molecular weight is 283 g/mol. The number of benzene rings is 1. The number of hydrogen-bond acceptors (Lipinski definition) is 2. The Morgan fingerprint density at radius 1 is 1.38 bits per heavy atom. The van der Waals surface area contributed by atoms with E-state index < -0.39 is 0 Å². The molecule has 1 atom stereocenters. The van der Waals surface area contributed by atoms with Crippen LogP contribution in [0, 0.1) is 5.92 Å². The highest BCUT2D eigenvalue weighted by Gasteiger charge is 2.27. The maximum atomic E-state index is 11.7. The quantitative estimate of drug-likeness (QED) is 0.864. The highest BCUT2D eigenvalue weighted by atomic mass is 79.9. The summed E-state index contributed by atoms with van der Waals surface area (Å²) in [7, 11) is 0. The third-order valence-electron chi connectivity index (χ3n) is 2.46. The van der Waals surface area contributed by atoms with E-state index in [9.17, 15) is 9.59 Å². The molecule has 0 aromatic heterocycles. The fourth-order valence-electron chi connectivity index (χ4n) is 1.57. The van der Waals surface area contributed by atoms with E-state index in [1.165, 1.54) is 0 Å². The molecule has 1 saturated heterocycles. The Hall–Kier alpha value is -1.36. The van der Waals surface area contributed by atoms with E-state index in [1.54, 1.807) is 0 Å². The van der Waals surface area contributed by atoms with Crippen molar-refractivity contribution in [1.82, 2.24) is 5.32 Å². The van der Waals surface area contributed by atoms with Gasteiger partial charge in [0.2, 0.25) is 11.8 Å². The van der Waals surface area contributed by atoms with E-state index in [1.807, 2.05) is 24.3 Å². The second kappa shape index (κ2) is 4.65. The molecular weight excluding hydrogens is 272 g/mol. The summed E-state index contributed by atoms with van der Waals surface area (Å²) in [6.45, 7) is 0.432. The van der Waals surface area contributed by atoms with Crippen molar-refractivity contribution < 1.29 is 9.59 Å². The number of hydrogen-bond donors (Lipinski definition) is 2. The van der Waals surface area contributed by atoms with Gasteiger partial charge in [-0.05, 0) is 24.3 Å². The van der Waals surface area contributed by atoms with Crippen molar-refractivity contribution in [2.45, 2.75) is 6.42 Å². The molecule has 2 rings (SSSR count). The fourth-order valence-corrected chi connectivity index (χ4v) is 1.83. The Balaban J connectivity index is 1.97. The first-order valence-corrected chi connectivity index (χ1v) is 5.77. The lowest BCUT2D eigenvalue weighted by Crippen LogP contribution is -2.24. The molecule has 0 saturated carbocycles. The van der Waals surface area contributed by atoms with Crippen LogP contribution in [0.2, 0.25) is 0 Å². The number of rotatable bonds is 2. The number of amides is 2. The van der Waals surface area contributed by atoms with Gasteiger partial charge in [-0.1, -0.05) is 15.9 Å². The van der Waals surface area contributed by atoms with Crippen LogP contribution in [0.5, 0.6) is 0 Å². The van der Waals surface area contributed by atoms with Crippen molar-refractivity contribution in [3.63, 3.8) is 0 Å². The molecular formula is C11H11BrN2O2. The molecule has 1 unspecified atom stereocenters. The maximum absolute atomic E-state index is 11.7. The topological polar surface area (TPSA) is 58.2 Å². The third kappa shape index (κ3) is 2.61. The molecule has 2 amide bonds. The van der Waals surface area contributed by atoms with Crippen molar-refractivity contribution in [2.24, 2.45) is 5.92 Å². The molecule has 1 aromatic carbocycles. The lowest BCUT2D eigenvalue weighted by atomic mass is 10.1. The standard InChI is InChI=1S/C11H11BrN2O2/c12-8-1-3-9(4-2-8)14-11(16)7-5-10(15)13-6-7/h1-4,7H,5-6H2,(H,13,15)(H,14,16). The highest BCUT2D eigenvalue weighted by molar-refractivity contribution is 9.10. The van der Waals surface area contributed by atoms with Crippen molar-refractivity contribution >= 4 is 33.4 Å². The molecule has 4 nitrogen and oxygen atoms in total. The number of nitrogens with one attached hydrogen (secondary N) is 2. The second-order valence-electron chi connectivity index (χ2n) is 3.70. The van der Waals surface area contributed by atoms with Crippen LogP contribution in [0.15, 0.2) is 28.7 Å². The number of carbonyl (C=O) groups is 2. The number of carbonyl (C=O) groups excluding carboxylic acids is 2. The molecule has 1 heterocycles. The van der Waals surface area contributed by atoms with E-state index in [0.29, 0.717) is 6.54 Å². The first-order valence-electron chi connectivity index (χ1n) is 4.98. The van der Waals surface area contributed by atoms with Crippen LogP contribution in [-0.4, -0.2) is 18.4 Å². The molecule has 0 spiro atoms. The number of halogens is 1. The van der Waals surface area contributed by atoms with E-state index in [4.69, 9.17) is 0 Å². The zero-order valence-electron chi connectivity index (χ0n) is 8.50. The minimum Gasteiger partial charge on any atom is -0.355 e. The summed E-state index contributed by atoms with van der Waals surface area (Å²) in [6.07, 6.45) is 0.280. The normalized spacial score (nSPS) is 19.3. The zero-order valence-corrected chi connectivity index (χ0v) is 10.1. The molecule has 1 fully saturated rings. The van der Waals surface area contributed by atoms with E-state index in [2.05, 4.69) is 26.6 Å². The summed E-state index contributed by atoms with van der Waals surface area (Å²) < 4.78 is 0.961. The van der Waals surface area contributed by atoms with Crippen molar-refractivity contribution in [2.75, 3.05) is 11.9 Å². The van der Waals surface area contributed by atoms with Crippen molar-refractivity contribution in [3.05, 3.63) is 28.7 Å². The minimum absolute atomic E-state index is 0.0593. The minimum atomic E-state index is -0.254. The zero-order chi connectivity index (χ0) is 11.5. The molecule has 0 bridgehead atoms. The molecule has 1 aromatic rings. The molecule has 16 heavy (non-hydrogen) atoms. The Morgan fingerprint density at radius 2 is 2.06 bits per heavy atom. The second-order valence-corrected chi connectivity index (χ2v) is 4.62. The van der Waals surface area contributed by atoms with Gasteiger partial charge >= 0.3 is 0 Å². The first kappa shape index (κ1) is 11.1. The van der Waals surface area contributed by atoms with Gasteiger partial charge < -0.3 is 10.6 Å². The Labute approximate surface area is 102 Å². The van der Waals surface area contributed by atoms with Gasteiger partial charge in [-0.15, -0.1) is 0 Å². The van der Waals surface area contributed by atoms with Crippen molar-refractivity contribution in [1.29, 1.82) is 0 Å². The monoisotopic (exact) mass is 282 g/mol. The Kier molecular flexibility index (Phi) is 3.24. The van der Waals surface area contributed by atoms with Gasteiger partial charge in [-0.25, -0.2) is 0 Å². The number of anilines is 1. The van der Waals surface area contributed by atoms with Gasteiger partial charge in [0.1, 0.15) is 0 Å². The van der Waals surface area contributed by atoms with Gasteiger partial charge in [0.25, 0.3) is 0 Å². The van der Waals surface area contributed by atoms with Gasteiger partial charge in [-0.2, -0.15) is 0 Å². The largest absolute Gasteiger partial charge is 0.355 e. The van der Waals surface area contributed by atoms with Crippen LogP contribution in [-0.2, 0) is 9.59 Å². The highest BCUT2D eigenvalue weighted by Crippen LogP contribution is 2.16. The summed E-state index contributed by atoms with van der Waals surface area (Å²) in [5, 5.41) is 5.42. The smallest absolute Gasteiger partial charge is 0.229 e.